The van der Waals surface area contributed by atoms with Gasteiger partial charge in [0.15, 0.2) is 5.69 Å². The Kier molecular flexibility index (Phi) is 7.24. The first-order valence-corrected chi connectivity index (χ1v) is 8.53. The Morgan fingerprint density at radius 1 is 1.16 bits per heavy atom. The van der Waals surface area contributed by atoms with Crippen molar-refractivity contribution in [2.45, 2.75) is 57.7 Å². The van der Waals surface area contributed by atoms with E-state index in [1.807, 2.05) is 0 Å². The summed E-state index contributed by atoms with van der Waals surface area (Å²) in [4.78, 5) is 16.0. The first-order chi connectivity index (χ1) is 13.7. The van der Waals surface area contributed by atoms with E-state index < -0.39 is 53.2 Å². The number of aromatic nitrogens is 2. The monoisotopic (exact) mass is 467 g/mol. The molecule has 31 heavy (non-hydrogen) atoms. The molecule has 178 valence electrons. The third-order valence-corrected chi connectivity index (χ3v) is 3.58. The smallest absolute Gasteiger partial charge is 0.444 e. The number of alkyl halides is 8. The molecule has 1 unspecified atom stereocenters. The van der Waals surface area contributed by atoms with E-state index in [-0.39, 0.29) is 4.68 Å². The highest BCUT2D eigenvalue weighted by molar-refractivity contribution is 5.81. The van der Waals surface area contributed by atoms with Gasteiger partial charge in [0.25, 0.3) is 0 Å². The topological polar surface area (TPSA) is 71.8 Å². The van der Waals surface area contributed by atoms with Crippen LogP contribution in [0.1, 0.15) is 39.0 Å². The van der Waals surface area contributed by atoms with Gasteiger partial charge in [-0.2, -0.15) is 40.2 Å². The molecule has 0 aromatic carbocycles. The fourth-order valence-corrected chi connectivity index (χ4v) is 2.44. The van der Waals surface area contributed by atoms with Crippen molar-refractivity contribution < 1.29 is 44.7 Å². The van der Waals surface area contributed by atoms with Gasteiger partial charge >= 0.3 is 24.4 Å². The summed E-state index contributed by atoms with van der Waals surface area (Å²) in [6.45, 7) is 5.67. The maximum Gasteiger partial charge on any atom is 0.459 e. The Bertz CT molecular complexity index is 824. The quantitative estimate of drug-likeness (QED) is 0.301. The number of nitrogens with zero attached hydrogens (tertiary/aromatic N) is 4. The van der Waals surface area contributed by atoms with Gasteiger partial charge < -0.3 is 10.1 Å². The number of nitrogens with one attached hydrogen (secondary N) is 1. The average molecular weight is 467 g/mol. The van der Waals surface area contributed by atoms with Crippen molar-refractivity contribution in [3.05, 3.63) is 11.3 Å². The predicted molar refractivity (Wildman–Crippen MR) is 93.9 cm³/mol. The van der Waals surface area contributed by atoms with Gasteiger partial charge in [-0.15, -0.1) is 0 Å². The van der Waals surface area contributed by atoms with E-state index in [0.29, 0.717) is 11.2 Å². The number of anilines is 1. The van der Waals surface area contributed by atoms with Crippen LogP contribution in [0.5, 0.6) is 0 Å². The average Bonchev–Trinajstić information content (AvgIpc) is 2.87. The van der Waals surface area contributed by atoms with E-state index in [1.165, 1.54) is 20.8 Å². The summed E-state index contributed by atoms with van der Waals surface area (Å²) in [5.74, 6) is -7.09. The Balaban J connectivity index is 3.64. The molecule has 1 heterocycles. The summed E-state index contributed by atoms with van der Waals surface area (Å²) < 4.78 is 112. The minimum absolute atomic E-state index is 0.201. The molecule has 0 saturated heterocycles. The van der Waals surface area contributed by atoms with Crippen LogP contribution in [-0.4, -0.2) is 47.2 Å². The molecule has 15 heteroatoms. The first kappa shape index (κ1) is 26.4. The highest BCUT2D eigenvalue weighted by atomic mass is 19.4. The van der Waals surface area contributed by atoms with Gasteiger partial charge in [-0.25, -0.2) is 4.79 Å². The fourth-order valence-electron chi connectivity index (χ4n) is 2.44. The summed E-state index contributed by atoms with van der Waals surface area (Å²) >= 11 is 0. The van der Waals surface area contributed by atoms with Crippen LogP contribution in [0.4, 0.5) is 45.7 Å². The Hall–Kier alpha value is -2.61. The van der Waals surface area contributed by atoms with Gasteiger partial charge in [0.05, 0.1) is 6.34 Å². The second kappa shape index (κ2) is 8.49. The van der Waals surface area contributed by atoms with Crippen molar-refractivity contribution in [2.24, 2.45) is 12.0 Å². The third-order valence-electron chi connectivity index (χ3n) is 3.58. The molecule has 0 radical (unpaired) electrons. The van der Waals surface area contributed by atoms with Crippen LogP contribution in [-0.2, 0) is 23.9 Å². The summed E-state index contributed by atoms with van der Waals surface area (Å²) in [5, 5.41) is 4.98. The number of carbonyl (C=O) groups excluding carboxylic acids is 1. The third kappa shape index (κ3) is 5.97. The standard InChI is InChI=1S/C16H21F8N5O2/c1-8(26-12(30)31-13(2,3)4)29(7-25-5)11-9(15(19,20)21)10(27-28(11)6)14(17,18)16(22,23)24/h7-8H,1-6H3,(H,26,30)/b25-7-. The highest BCUT2D eigenvalue weighted by Gasteiger charge is 2.64. The van der Waals surface area contributed by atoms with E-state index in [2.05, 4.69) is 15.4 Å². The zero-order valence-corrected chi connectivity index (χ0v) is 17.3. The second-order valence-electron chi connectivity index (χ2n) is 7.34. The number of aliphatic imine (C=N–C) groups is 1. The highest BCUT2D eigenvalue weighted by Crippen LogP contribution is 2.50. The molecule has 1 atom stereocenters. The molecule has 1 rings (SSSR count). The van der Waals surface area contributed by atoms with Crippen LogP contribution in [0, 0.1) is 0 Å². The van der Waals surface area contributed by atoms with Crippen LogP contribution in [0.3, 0.4) is 0 Å². The van der Waals surface area contributed by atoms with Crippen molar-refractivity contribution in [3.8, 4) is 0 Å². The molecule has 0 saturated carbocycles. The lowest BCUT2D eigenvalue weighted by atomic mass is 10.1. The molecule has 0 fully saturated rings. The molecule has 0 aliphatic rings. The summed E-state index contributed by atoms with van der Waals surface area (Å²) in [5.41, 5.74) is -5.82. The zero-order valence-electron chi connectivity index (χ0n) is 17.3. The van der Waals surface area contributed by atoms with E-state index in [4.69, 9.17) is 4.74 Å². The normalized spacial score (nSPS) is 14.6. The maximum absolute atomic E-state index is 13.9. The van der Waals surface area contributed by atoms with Gasteiger partial charge in [-0.1, -0.05) is 0 Å². The number of hydrogen-bond donors (Lipinski definition) is 1. The lowest BCUT2D eigenvalue weighted by Gasteiger charge is -2.30. The minimum Gasteiger partial charge on any atom is -0.444 e. The molecule has 1 aromatic heterocycles. The molecular formula is C16H21F8N5O2. The van der Waals surface area contributed by atoms with Crippen LogP contribution in [0.15, 0.2) is 4.99 Å². The Labute approximate surface area is 172 Å². The number of rotatable bonds is 5. The number of aryl methyl sites for hydroxylation is 1. The number of carbonyl (C=O) groups is 1. The zero-order chi connectivity index (χ0) is 24.6. The molecule has 7 nitrogen and oxygen atoms in total. The molecule has 1 amide bonds. The predicted octanol–water partition coefficient (Wildman–Crippen LogP) is 4.43. The van der Waals surface area contributed by atoms with E-state index in [1.54, 1.807) is 0 Å². The van der Waals surface area contributed by atoms with Crippen molar-refractivity contribution in [1.29, 1.82) is 0 Å². The lowest BCUT2D eigenvalue weighted by molar-refractivity contribution is -0.292. The first-order valence-electron chi connectivity index (χ1n) is 8.53. The van der Waals surface area contributed by atoms with Crippen molar-refractivity contribution in [1.82, 2.24) is 15.1 Å². The number of hydrogen-bond acceptors (Lipinski definition) is 4. The summed E-state index contributed by atoms with van der Waals surface area (Å²) in [7, 11) is 1.86. The lowest BCUT2D eigenvalue weighted by Crippen LogP contribution is -2.48. The molecular weight excluding hydrogens is 446 g/mol. The van der Waals surface area contributed by atoms with Crippen molar-refractivity contribution >= 4 is 18.2 Å². The van der Waals surface area contributed by atoms with Gasteiger partial charge in [-0.3, -0.25) is 14.6 Å². The van der Waals surface area contributed by atoms with E-state index in [0.717, 1.165) is 21.0 Å². The second-order valence-corrected chi connectivity index (χ2v) is 7.34. The molecule has 0 aliphatic heterocycles. The van der Waals surface area contributed by atoms with E-state index in [9.17, 15) is 39.9 Å². The maximum atomic E-state index is 13.9. The van der Waals surface area contributed by atoms with Gasteiger partial charge in [-0.05, 0) is 27.7 Å². The molecule has 0 spiro atoms. The SMILES string of the molecule is C/N=C\N(c1c(C(F)(F)F)c(C(F)(F)C(F)(F)F)nn1C)C(C)NC(=O)OC(C)(C)C. The number of alkyl carbamates (subject to hydrolysis) is 1. The minimum atomic E-state index is -6.33. The Morgan fingerprint density at radius 3 is 2.06 bits per heavy atom. The van der Waals surface area contributed by atoms with Crippen molar-refractivity contribution in [2.75, 3.05) is 11.9 Å². The summed E-state index contributed by atoms with van der Waals surface area (Å²) in [6, 6.07) is 0. The van der Waals surface area contributed by atoms with Crippen LogP contribution >= 0.6 is 0 Å². The van der Waals surface area contributed by atoms with Crippen LogP contribution < -0.4 is 10.2 Å². The van der Waals surface area contributed by atoms with Crippen LogP contribution in [0.25, 0.3) is 0 Å². The number of amides is 1. The van der Waals surface area contributed by atoms with Crippen molar-refractivity contribution in [3.63, 3.8) is 0 Å². The Morgan fingerprint density at radius 2 is 1.68 bits per heavy atom. The van der Waals surface area contributed by atoms with Gasteiger partial charge in [0.2, 0.25) is 0 Å². The van der Waals surface area contributed by atoms with Gasteiger partial charge in [0, 0.05) is 14.1 Å². The molecule has 0 aliphatic carbocycles. The molecule has 1 N–H and O–H groups in total. The summed E-state index contributed by atoms with van der Waals surface area (Å²) in [6.07, 6.45) is -13.8. The number of ether oxygens (including phenoxy) is 1. The number of halogens is 8. The largest absolute Gasteiger partial charge is 0.459 e. The molecule has 0 bridgehead atoms. The van der Waals surface area contributed by atoms with E-state index >= 15 is 0 Å². The molecule has 1 aromatic rings. The fraction of sp³-hybridized carbons (Fsp3) is 0.688. The van der Waals surface area contributed by atoms with Gasteiger partial charge in [0.1, 0.15) is 23.1 Å². The van der Waals surface area contributed by atoms with Crippen LogP contribution in [0.2, 0.25) is 0 Å².